The first kappa shape index (κ1) is 27.5. The highest BCUT2D eigenvalue weighted by Gasteiger charge is 2.39. The maximum Gasteiger partial charge on any atom is 0.247 e. The average Bonchev–Trinajstić information content (AvgIpc) is 2.90. The second kappa shape index (κ2) is 11.5. The third-order valence-corrected chi connectivity index (χ3v) is 9.65. The van der Waals surface area contributed by atoms with Gasteiger partial charge in [-0.15, -0.1) is 0 Å². The Bertz CT molecular complexity index is 1200. The highest BCUT2D eigenvalue weighted by Crippen LogP contribution is 2.37. The molecule has 7 nitrogen and oxygen atoms in total. The summed E-state index contributed by atoms with van der Waals surface area (Å²) in [6.07, 6.45) is 4.61. The Morgan fingerprint density at radius 1 is 1.14 bits per heavy atom. The molecule has 1 amide bonds. The van der Waals surface area contributed by atoms with E-state index in [1.165, 1.54) is 22.5 Å². The van der Waals surface area contributed by atoms with Crippen molar-refractivity contribution in [2.24, 2.45) is 11.8 Å². The summed E-state index contributed by atoms with van der Waals surface area (Å²) < 4.78 is 48.6. The minimum Gasteiger partial charge on any atom is -0.487 e. The molecule has 1 saturated carbocycles. The van der Waals surface area contributed by atoms with Crippen molar-refractivity contribution in [1.82, 2.24) is 9.21 Å². The van der Waals surface area contributed by atoms with Crippen LogP contribution in [0.5, 0.6) is 5.75 Å². The maximum atomic E-state index is 13.7. The van der Waals surface area contributed by atoms with Crippen LogP contribution in [0.4, 0.5) is 4.39 Å². The summed E-state index contributed by atoms with van der Waals surface area (Å²) >= 11 is 0. The summed E-state index contributed by atoms with van der Waals surface area (Å²) in [5.41, 5.74) is 1.41. The standard InChI is InChI=1S/C28H37FN2O5S/c1-19-16-31(20(2)18-32)37(34,35)27-14-11-23(21-9-12-24(29)13-10-21)15-25(27)36-26(19)17-30(3)28(33)22-7-5-4-6-8-22/h9-15,19-20,22,26,32H,4-8,16-18H2,1-3H3/t19-,20-,26-/m1/s1. The van der Waals surface area contributed by atoms with Crippen molar-refractivity contribution in [2.45, 2.75) is 63.0 Å². The summed E-state index contributed by atoms with van der Waals surface area (Å²) in [6, 6.07) is 10.2. The lowest BCUT2D eigenvalue weighted by Crippen LogP contribution is -2.50. The number of halogens is 1. The molecule has 1 fully saturated rings. The number of carbonyl (C=O) groups excluding carboxylic acids is 1. The molecule has 9 heteroatoms. The van der Waals surface area contributed by atoms with Crippen LogP contribution >= 0.6 is 0 Å². The number of ether oxygens (including phenoxy) is 1. The van der Waals surface area contributed by atoms with Gasteiger partial charge in [-0.1, -0.05) is 44.4 Å². The summed E-state index contributed by atoms with van der Waals surface area (Å²) in [6.45, 7) is 3.73. The Hall–Kier alpha value is -2.49. The molecule has 1 aliphatic carbocycles. The molecular formula is C28H37FN2O5S. The van der Waals surface area contributed by atoms with E-state index in [0.29, 0.717) is 12.1 Å². The van der Waals surface area contributed by atoms with Crippen LogP contribution in [0.2, 0.25) is 0 Å². The zero-order chi connectivity index (χ0) is 26.7. The van der Waals surface area contributed by atoms with Gasteiger partial charge in [-0.3, -0.25) is 4.79 Å². The number of nitrogens with zero attached hydrogens (tertiary/aromatic N) is 2. The fourth-order valence-electron chi connectivity index (χ4n) is 5.29. The second-order valence-corrected chi connectivity index (χ2v) is 12.3. The minimum absolute atomic E-state index is 0.0109. The molecule has 0 aromatic heterocycles. The average molecular weight is 533 g/mol. The smallest absolute Gasteiger partial charge is 0.247 e. The van der Waals surface area contributed by atoms with Gasteiger partial charge in [0.25, 0.3) is 0 Å². The summed E-state index contributed by atoms with van der Waals surface area (Å²) in [4.78, 5) is 14.9. The monoisotopic (exact) mass is 532 g/mol. The normalized spacial score (nSPS) is 23.3. The lowest BCUT2D eigenvalue weighted by atomic mass is 9.88. The van der Waals surface area contributed by atoms with E-state index in [1.807, 2.05) is 6.92 Å². The van der Waals surface area contributed by atoms with Crippen molar-refractivity contribution >= 4 is 15.9 Å². The molecular weight excluding hydrogens is 495 g/mol. The van der Waals surface area contributed by atoms with E-state index >= 15 is 0 Å². The Morgan fingerprint density at radius 2 is 1.78 bits per heavy atom. The number of hydrogen-bond donors (Lipinski definition) is 1. The quantitative estimate of drug-likeness (QED) is 0.600. The van der Waals surface area contributed by atoms with Crippen LogP contribution in [0.25, 0.3) is 11.1 Å². The fraction of sp³-hybridized carbons (Fsp3) is 0.536. The Morgan fingerprint density at radius 3 is 2.43 bits per heavy atom. The van der Waals surface area contributed by atoms with Gasteiger partial charge >= 0.3 is 0 Å². The van der Waals surface area contributed by atoms with E-state index in [1.54, 1.807) is 43.1 Å². The molecule has 0 spiro atoms. The van der Waals surface area contributed by atoms with Gasteiger partial charge in [0.05, 0.1) is 13.2 Å². The van der Waals surface area contributed by atoms with Crippen LogP contribution in [0.15, 0.2) is 47.4 Å². The van der Waals surface area contributed by atoms with Crippen LogP contribution in [0, 0.1) is 17.7 Å². The predicted octanol–water partition coefficient (Wildman–Crippen LogP) is 4.30. The van der Waals surface area contributed by atoms with Gasteiger partial charge in [0.1, 0.15) is 22.6 Å². The van der Waals surface area contributed by atoms with Crippen molar-refractivity contribution < 1.29 is 27.4 Å². The number of carbonyl (C=O) groups is 1. The molecule has 1 aliphatic heterocycles. The van der Waals surface area contributed by atoms with Gasteiger partial charge < -0.3 is 14.7 Å². The maximum absolute atomic E-state index is 13.7. The van der Waals surface area contributed by atoms with Gasteiger partial charge in [0.15, 0.2) is 0 Å². The number of aliphatic hydroxyl groups is 1. The lowest BCUT2D eigenvalue weighted by molar-refractivity contribution is -0.136. The number of amides is 1. The van der Waals surface area contributed by atoms with Crippen molar-refractivity contribution in [3.8, 4) is 16.9 Å². The molecule has 1 N–H and O–H groups in total. The van der Waals surface area contributed by atoms with Crippen LogP contribution in [0.3, 0.4) is 0 Å². The molecule has 0 radical (unpaired) electrons. The number of aliphatic hydroxyl groups excluding tert-OH is 1. The number of hydrogen-bond acceptors (Lipinski definition) is 5. The molecule has 2 aromatic carbocycles. The third kappa shape index (κ3) is 5.99. The van der Waals surface area contributed by atoms with Gasteiger partial charge in [-0.2, -0.15) is 4.31 Å². The first-order chi connectivity index (χ1) is 17.6. The zero-order valence-electron chi connectivity index (χ0n) is 21.8. The highest BCUT2D eigenvalue weighted by molar-refractivity contribution is 7.89. The summed E-state index contributed by atoms with van der Waals surface area (Å²) in [5, 5.41) is 9.84. The molecule has 202 valence electrons. The van der Waals surface area contributed by atoms with Gasteiger partial charge in [-0.25, -0.2) is 12.8 Å². The van der Waals surface area contributed by atoms with Crippen LogP contribution in [0.1, 0.15) is 46.0 Å². The number of sulfonamides is 1. The van der Waals surface area contributed by atoms with Crippen molar-refractivity contribution in [3.05, 3.63) is 48.3 Å². The second-order valence-electron chi connectivity index (χ2n) is 10.5. The van der Waals surface area contributed by atoms with E-state index in [4.69, 9.17) is 4.74 Å². The van der Waals surface area contributed by atoms with Crippen molar-refractivity contribution in [1.29, 1.82) is 0 Å². The molecule has 1 heterocycles. The summed E-state index contributed by atoms with van der Waals surface area (Å²) in [7, 11) is -2.19. The van der Waals surface area contributed by atoms with Gasteiger partial charge in [0.2, 0.25) is 15.9 Å². The number of benzene rings is 2. The molecule has 2 aromatic rings. The van der Waals surface area contributed by atoms with E-state index < -0.39 is 22.2 Å². The first-order valence-corrected chi connectivity index (χ1v) is 14.5. The lowest BCUT2D eigenvalue weighted by Gasteiger charge is -2.38. The Balaban J connectivity index is 1.71. The molecule has 2 aliphatic rings. The third-order valence-electron chi connectivity index (χ3n) is 7.63. The van der Waals surface area contributed by atoms with Crippen LogP contribution < -0.4 is 4.74 Å². The van der Waals surface area contributed by atoms with Crippen LogP contribution in [-0.2, 0) is 14.8 Å². The topological polar surface area (TPSA) is 87.2 Å². The van der Waals surface area contributed by atoms with E-state index in [2.05, 4.69) is 0 Å². The molecule has 0 unspecified atom stereocenters. The number of likely N-dealkylation sites (N-methyl/N-ethyl adjacent to an activating group) is 1. The number of rotatable bonds is 6. The molecule has 37 heavy (non-hydrogen) atoms. The van der Waals surface area contributed by atoms with Crippen molar-refractivity contribution in [2.75, 3.05) is 26.7 Å². The Kier molecular flexibility index (Phi) is 8.56. The molecule has 0 saturated heterocycles. The molecule has 4 rings (SSSR count). The van der Waals surface area contributed by atoms with Crippen molar-refractivity contribution in [3.63, 3.8) is 0 Å². The SMILES string of the molecule is C[C@@H]1CN([C@H](C)CO)S(=O)(=O)c2ccc(-c3ccc(F)cc3)cc2O[C@@H]1CN(C)C(=O)C1CCCCC1. The van der Waals surface area contributed by atoms with E-state index in [-0.39, 0.29) is 47.4 Å². The Labute approximate surface area is 219 Å². The van der Waals surface area contributed by atoms with Gasteiger partial charge in [0, 0.05) is 31.5 Å². The highest BCUT2D eigenvalue weighted by atomic mass is 32.2. The number of fused-ring (bicyclic) bond motifs is 1. The van der Waals surface area contributed by atoms with E-state index in [0.717, 1.165) is 37.7 Å². The first-order valence-electron chi connectivity index (χ1n) is 13.1. The largest absolute Gasteiger partial charge is 0.487 e. The summed E-state index contributed by atoms with van der Waals surface area (Å²) in [5.74, 6) is -0.306. The molecule has 0 bridgehead atoms. The molecule has 3 atom stereocenters. The minimum atomic E-state index is -3.97. The fourth-order valence-corrected chi connectivity index (χ4v) is 7.11. The van der Waals surface area contributed by atoms with Crippen LogP contribution in [-0.4, -0.2) is 67.5 Å². The van der Waals surface area contributed by atoms with Gasteiger partial charge in [-0.05, 0) is 55.2 Å². The zero-order valence-corrected chi connectivity index (χ0v) is 22.6. The predicted molar refractivity (Wildman–Crippen MR) is 140 cm³/mol. The van der Waals surface area contributed by atoms with E-state index in [9.17, 15) is 22.7 Å².